The molecule has 0 aliphatic heterocycles. The maximum absolute atomic E-state index is 12.0. The molecule has 2 aromatic rings. The molecule has 5 heteroatoms. The van der Waals surface area contributed by atoms with Crippen molar-refractivity contribution in [3.63, 3.8) is 0 Å². The summed E-state index contributed by atoms with van der Waals surface area (Å²) in [5, 5.41) is 5.45. The summed E-state index contributed by atoms with van der Waals surface area (Å²) in [5.41, 5.74) is 1.76. The summed E-state index contributed by atoms with van der Waals surface area (Å²) in [4.78, 5) is 13.1. The topological polar surface area (TPSA) is 29.1 Å². The summed E-state index contributed by atoms with van der Waals surface area (Å²) in [6, 6.07) is 7.20. The Morgan fingerprint density at radius 3 is 2.83 bits per heavy atom. The van der Waals surface area contributed by atoms with E-state index in [9.17, 15) is 4.79 Å². The van der Waals surface area contributed by atoms with E-state index in [0.717, 1.165) is 4.47 Å². The fourth-order valence-electron chi connectivity index (χ4n) is 1.53. The van der Waals surface area contributed by atoms with Gasteiger partial charge < -0.3 is 5.32 Å². The molecule has 18 heavy (non-hydrogen) atoms. The Hall–Kier alpha value is -0.840. The SMILES string of the molecule is Cc1ccsc1CNC(=O)c1cc(Cl)cc(Br)c1. The van der Waals surface area contributed by atoms with Gasteiger partial charge in [0.1, 0.15) is 0 Å². The van der Waals surface area contributed by atoms with Crippen molar-refractivity contribution in [2.45, 2.75) is 13.5 Å². The quantitative estimate of drug-likeness (QED) is 0.878. The van der Waals surface area contributed by atoms with Gasteiger partial charge in [0, 0.05) is 19.9 Å². The first-order valence-electron chi connectivity index (χ1n) is 5.33. The highest BCUT2D eigenvalue weighted by Crippen LogP contribution is 2.20. The number of thiophene rings is 1. The Balaban J connectivity index is 2.06. The lowest BCUT2D eigenvalue weighted by molar-refractivity contribution is 0.0951. The van der Waals surface area contributed by atoms with E-state index < -0.39 is 0 Å². The van der Waals surface area contributed by atoms with Crippen LogP contribution in [0.3, 0.4) is 0 Å². The normalized spacial score (nSPS) is 10.4. The van der Waals surface area contributed by atoms with Crippen molar-refractivity contribution in [1.29, 1.82) is 0 Å². The van der Waals surface area contributed by atoms with Gasteiger partial charge in [-0.2, -0.15) is 0 Å². The fraction of sp³-hybridized carbons (Fsp3) is 0.154. The van der Waals surface area contributed by atoms with Gasteiger partial charge >= 0.3 is 0 Å². The van der Waals surface area contributed by atoms with Gasteiger partial charge in [0.15, 0.2) is 0 Å². The molecule has 0 saturated carbocycles. The lowest BCUT2D eigenvalue weighted by atomic mass is 10.2. The number of halogens is 2. The zero-order chi connectivity index (χ0) is 13.1. The Labute approximate surface area is 123 Å². The zero-order valence-electron chi connectivity index (χ0n) is 9.67. The number of rotatable bonds is 3. The van der Waals surface area contributed by atoms with Crippen LogP contribution < -0.4 is 5.32 Å². The van der Waals surface area contributed by atoms with E-state index in [1.165, 1.54) is 10.4 Å². The molecular weight excluding hydrogens is 334 g/mol. The Kier molecular flexibility index (Phi) is 4.43. The van der Waals surface area contributed by atoms with Crippen LogP contribution in [0.25, 0.3) is 0 Å². The molecule has 1 N–H and O–H groups in total. The van der Waals surface area contributed by atoms with E-state index in [1.807, 2.05) is 18.4 Å². The van der Waals surface area contributed by atoms with Crippen LogP contribution >= 0.6 is 38.9 Å². The predicted octanol–water partition coefficient (Wildman–Crippen LogP) is 4.40. The first-order valence-corrected chi connectivity index (χ1v) is 7.38. The van der Waals surface area contributed by atoms with Crippen molar-refractivity contribution in [3.05, 3.63) is 55.1 Å². The van der Waals surface area contributed by atoms with E-state index >= 15 is 0 Å². The molecule has 1 aromatic heterocycles. The number of aryl methyl sites for hydroxylation is 1. The first-order chi connectivity index (χ1) is 8.56. The van der Waals surface area contributed by atoms with Gasteiger partial charge in [0.2, 0.25) is 0 Å². The van der Waals surface area contributed by atoms with Crippen molar-refractivity contribution in [2.75, 3.05) is 0 Å². The summed E-state index contributed by atoms with van der Waals surface area (Å²) >= 11 is 10.9. The summed E-state index contributed by atoms with van der Waals surface area (Å²) in [6.45, 7) is 2.58. The van der Waals surface area contributed by atoms with Crippen LogP contribution in [0.2, 0.25) is 5.02 Å². The first kappa shape index (κ1) is 13.6. The largest absolute Gasteiger partial charge is 0.347 e. The van der Waals surface area contributed by atoms with Crippen molar-refractivity contribution >= 4 is 44.8 Å². The van der Waals surface area contributed by atoms with E-state index in [0.29, 0.717) is 17.1 Å². The summed E-state index contributed by atoms with van der Waals surface area (Å²) in [6.07, 6.45) is 0. The minimum Gasteiger partial charge on any atom is -0.347 e. The maximum Gasteiger partial charge on any atom is 0.251 e. The van der Waals surface area contributed by atoms with Crippen molar-refractivity contribution in [1.82, 2.24) is 5.32 Å². The average molecular weight is 345 g/mol. The van der Waals surface area contributed by atoms with Gasteiger partial charge in [0.05, 0.1) is 6.54 Å². The molecule has 0 unspecified atom stereocenters. The highest BCUT2D eigenvalue weighted by atomic mass is 79.9. The van der Waals surface area contributed by atoms with Gasteiger partial charge in [-0.25, -0.2) is 0 Å². The summed E-state index contributed by atoms with van der Waals surface area (Å²) < 4.78 is 0.799. The Morgan fingerprint density at radius 2 is 2.22 bits per heavy atom. The Morgan fingerprint density at radius 1 is 1.44 bits per heavy atom. The molecular formula is C13H11BrClNOS. The second-order valence-electron chi connectivity index (χ2n) is 3.87. The fourth-order valence-corrected chi connectivity index (χ4v) is 3.24. The smallest absolute Gasteiger partial charge is 0.251 e. The third kappa shape index (κ3) is 3.34. The standard InChI is InChI=1S/C13H11BrClNOS/c1-8-2-3-18-12(8)7-16-13(17)9-4-10(14)6-11(15)5-9/h2-6H,7H2,1H3,(H,16,17). The van der Waals surface area contributed by atoms with Crippen molar-refractivity contribution in [3.8, 4) is 0 Å². The van der Waals surface area contributed by atoms with E-state index in [1.54, 1.807) is 29.5 Å². The lowest BCUT2D eigenvalue weighted by Gasteiger charge is -2.06. The molecule has 1 heterocycles. The number of nitrogens with one attached hydrogen (secondary N) is 1. The van der Waals surface area contributed by atoms with Gasteiger partial charge in [0.25, 0.3) is 5.91 Å². The molecule has 2 nitrogen and oxygen atoms in total. The third-order valence-corrected chi connectivity index (χ3v) is 4.20. The molecule has 0 fully saturated rings. The zero-order valence-corrected chi connectivity index (χ0v) is 12.8. The van der Waals surface area contributed by atoms with Crippen LogP contribution in [0.4, 0.5) is 0 Å². The van der Waals surface area contributed by atoms with Gasteiger partial charge in [-0.1, -0.05) is 27.5 Å². The second-order valence-corrected chi connectivity index (χ2v) is 6.22. The lowest BCUT2D eigenvalue weighted by Crippen LogP contribution is -2.22. The molecule has 94 valence electrons. The average Bonchev–Trinajstić information content (AvgIpc) is 2.70. The van der Waals surface area contributed by atoms with Crippen LogP contribution in [0.1, 0.15) is 20.8 Å². The molecule has 0 saturated heterocycles. The minimum atomic E-state index is -0.119. The molecule has 0 bridgehead atoms. The van der Waals surface area contributed by atoms with Gasteiger partial charge in [-0.05, 0) is 42.1 Å². The molecule has 0 aliphatic carbocycles. The van der Waals surface area contributed by atoms with Gasteiger partial charge in [-0.15, -0.1) is 11.3 Å². The van der Waals surface area contributed by atoms with Crippen LogP contribution in [0.5, 0.6) is 0 Å². The molecule has 0 atom stereocenters. The number of benzene rings is 1. The minimum absolute atomic E-state index is 0.119. The van der Waals surface area contributed by atoms with E-state index in [4.69, 9.17) is 11.6 Å². The number of hydrogen-bond donors (Lipinski definition) is 1. The number of carbonyl (C=O) groups excluding carboxylic acids is 1. The molecule has 1 aromatic carbocycles. The highest BCUT2D eigenvalue weighted by molar-refractivity contribution is 9.10. The highest BCUT2D eigenvalue weighted by Gasteiger charge is 2.08. The van der Waals surface area contributed by atoms with Crippen molar-refractivity contribution in [2.24, 2.45) is 0 Å². The second kappa shape index (κ2) is 5.87. The number of carbonyl (C=O) groups is 1. The molecule has 0 radical (unpaired) electrons. The van der Waals surface area contributed by atoms with Crippen LogP contribution in [0.15, 0.2) is 34.1 Å². The Bertz CT molecular complexity index is 562. The number of hydrogen-bond acceptors (Lipinski definition) is 2. The van der Waals surface area contributed by atoms with Gasteiger partial charge in [-0.3, -0.25) is 4.79 Å². The maximum atomic E-state index is 12.0. The monoisotopic (exact) mass is 343 g/mol. The van der Waals surface area contributed by atoms with Crippen LogP contribution in [-0.4, -0.2) is 5.91 Å². The van der Waals surface area contributed by atoms with Crippen molar-refractivity contribution < 1.29 is 4.79 Å². The third-order valence-electron chi connectivity index (χ3n) is 2.50. The molecule has 2 rings (SSSR count). The molecule has 0 spiro atoms. The number of amides is 1. The van der Waals surface area contributed by atoms with E-state index in [-0.39, 0.29) is 5.91 Å². The predicted molar refractivity (Wildman–Crippen MR) is 79.4 cm³/mol. The van der Waals surface area contributed by atoms with Crippen LogP contribution in [0, 0.1) is 6.92 Å². The molecule has 1 amide bonds. The van der Waals surface area contributed by atoms with E-state index in [2.05, 4.69) is 21.2 Å². The van der Waals surface area contributed by atoms with Crippen LogP contribution in [-0.2, 0) is 6.54 Å². The summed E-state index contributed by atoms with van der Waals surface area (Å²) in [5.74, 6) is -0.119. The molecule has 0 aliphatic rings. The summed E-state index contributed by atoms with van der Waals surface area (Å²) in [7, 11) is 0.